The molecule has 0 bridgehead atoms. The summed E-state index contributed by atoms with van der Waals surface area (Å²) in [6, 6.07) is 17.4. The smallest absolute Gasteiger partial charge is 0.264 e. The predicted octanol–water partition coefficient (Wildman–Crippen LogP) is 5.36. The summed E-state index contributed by atoms with van der Waals surface area (Å²) in [6.07, 6.45) is 0. The van der Waals surface area contributed by atoms with Gasteiger partial charge in [-0.05, 0) is 69.2 Å². The maximum Gasteiger partial charge on any atom is 0.264 e. The number of likely N-dealkylation sites (N-methyl/N-ethyl adjacent to an activating group) is 1. The summed E-state index contributed by atoms with van der Waals surface area (Å²) in [7, 11) is -4.12. The topological polar surface area (TPSA) is 86.8 Å². The van der Waals surface area contributed by atoms with Crippen LogP contribution in [-0.4, -0.2) is 44.3 Å². The van der Waals surface area contributed by atoms with Gasteiger partial charge < -0.3 is 10.2 Å². The third kappa shape index (κ3) is 6.87. The van der Waals surface area contributed by atoms with E-state index in [1.807, 2.05) is 6.92 Å². The van der Waals surface area contributed by atoms with Crippen LogP contribution in [0.2, 0.25) is 10.0 Å². The molecule has 0 aliphatic carbocycles. The third-order valence-corrected chi connectivity index (χ3v) is 8.51. The van der Waals surface area contributed by atoms with E-state index in [2.05, 4.69) is 5.32 Å². The summed E-state index contributed by atoms with van der Waals surface area (Å²) in [4.78, 5) is 28.0. The standard InChI is InChI=1S/C28H31Cl2N3O4S/c1-5-31-28(35)21(4)32(17-22-12-13-23(29)16-25(22)30)27(34)18-33(26-9-7-6-8-20(26)3)38(36,37)24-14-10-19(2)11-15-24/h6-16,21H,5,17-18H2,1-4H3,(H,31,35). The molecule has 0 radical (unpaired) electrons. The number of hydrogen-bond donors (Lipinski definition) is 1. The van der Waals surface area contributed by atoms with Gasteiger partial charge in [-0.2, -0.15) is 0 Å². The Morgan fingerprint density at radius 2 is 1.63 bits per heavy atom. The van der Waals surface area contributed by atoms with Crippen LogP contribution in [0.1, 0.15) is 30.5 Å². The highest BCUT2D eigenvalue weighted by Crippen LogP contribution is 2.28. The lowest BCUT2D eigenvalue weighted by molar-refractivity contribution is -0.139. The van der Waals surface area contributed by atoms with Crippen molar-refractivity contribution in [2.45, 2.75) is 45.2 Å². The number of halogens is 2. The van der Waals surface area contributed by atoms with Gasteiger partial charge in [-0.25, -0.2) is 8.42 Å². The van der Waals surface area contributed by atoms with E-state index in [1.54, 1.807) is 75.4 Å². The minimum absolute atomic E-state index is 0.0146. The summed E-state index contributed by atoms with van der Waals surface area (Å²) in [6.45, 7) is 6.86. The maximum atomic E-state index is 13.9. The minimum atomic E-state index is -4.12. The fraction of sp³-hybridized carbons (Fsp3) is 0.286. The zero-order valence-electron chi connectivity index (χ0n) is 21.7. The zero-order chi connectivity index (χ0) is 28.0. The molecule has 1 N–H and O–H groups in total. The number of anilines is 1. The molecule has 3 aromatic rings. The Hall–Kier alpha value is -3.07. The molecule has 202 valence electrons. The highest BCUT2D eigenvalue weighted by atomic mass is 35.5. The lowest BCUT2D eigenvalue weighted by Crippen LogP contribution is -2.51. The van der Waals surface area contributed by atoms with E-state index in [0.29, 0.717) is 33.4 Å². The molecular formula is C28H31Cl2N3O4S. The van der Waals surface area contributed by atoms with E-state index in [9.17, 15) is 18.0 Å². The number of benzene rings is 3. The van der Waals surface area contributed by atoms with Gasteiger partial charge in [-0.15, -0.1) is 0 Å². The summed E-state index contributed by atoms with van der Waals surface area (Å²) in [5.74, 6) is -0.927. The molecular weight excluding hydrogens is 545 g/mol. The van der Waals surface area contributed by atoms with Gasteiger partial charge in [-0.3, -0.25) is 13.9 Å². The number of nitrogens with one attached hydrogen (secondary N) is 1. The number of nitrogens with zero attached hydrogens (tertiary/aromatic N) is 2. The molecule has 1 unspecified atom stereocenters. The first-order valence-electron chi connectivity index (χ1n) is 12.1. The Kier molecular flexibility index (Phi) is 9.82. The van der Waals surface area contributed by atoms with Crippen LogP contribution in [-0.2, 0) is 26.2 Å². The molecule has 1 atom stereocenters. The number of rotatable bonds is 10. The van der Waals surface area contributed by atoms with E-state index < -0.39 is 28.5 Å². The Bertz CT molecular complexity index is 1410. The van der Waals surface area contributed by atoms with E-state index in [1.165, 1.54) is 17.0 Å². The Morgan fingerprint density at radius 1 is 0.974 bits per heavy atom. The first kappa shape index (κ1) is 29.5. The van der Waals surface area contributed by atoms with Crippen molar-refractivity contribution in [2.24, 2.45) is 0 Å². The van der Waals surface area contributed by atoms with Crippen LogP contribution in [0.25, 0.3) is 0 Å². The molecule has 0 spiro atoms. The molecule has 2 amide bonds. The molecule has 38 heavy (non-hydrogen) atoms. The molecule has 10 heteroatoms. The molecule has 0 aliphatic heterocycles. The number of aryl methyl sites for hydroxylation is 2. The van der Waals surface area contributed by atoms with Gasteiger partial charge in [0, 0.05) is 23.1 Å². The monoisotopic (exact) mass is 575 g/mol. The van der Waals surface area contributed by atoms with E-state index in [0.717, 1.165) is 9.87 Å². The number of sulfonamides is 1. The fourth-order valence-corrected chi connectivity index (χ4v) is 5.88. The summed E-state index contributed by atoms with van der Waals surface area (Å²) in [5, 5.41) is 3.50. The van der Waals surface area contributed by atoms with Crippen LogP contribution in [0.15, 0.2) is 71.6 Å². The highest BCUT2D eigenvalue weighted by molar-refractivity contribution is 7.92. The normalized spacial score (nSPS) is 12.1. The van der Waals surface area contributed by atoms with Crippen molar-refractivity contribution in [2.75, 3.05) is 17.4 Å². The van der Waals surface area contributed by atoms with Gasteiger partial charge in [0.1, 0.15) is 12.6 Å². The quantitative estimate of drug-likeness (QED) is 0.352. The van der Waals surface area contributed by atoms with Gasteiger partial charge in [0.05, 0.1) is 10.6 Å². The lowest BCUT2D eigenvalue weighted by Gasteiger charge is -2.32. The molecule has 0 aromatic heterocycles. The van der Waals surface area contributed by atoms with Crippen LogP contribution < -0.4 is 9.62 Å². The lowest BCUT2D eigenvalue weighted by atomic mass is 10.1. The third-order valence-electron chi connectivity index (χ3n) is 6.15. The second kappa shape index (κ2) is 12.7. The van der Waals surface area contributed by atoms with Crippen LogP contribution in [0.5, 0.6) is 0 Å². The van der Waals surface area contributed by atoms with E-state index in [4.69, 9.17) is 23.2 Å². The van der Waals surface area contributed by atoms with Crippen LogP contribution in [0.4, 0.5) is 5.69 Å². The first-order valence-corrected chi connectivity index (χ1v) is 14.3. The fourth-order valence-electron chi connectivity index (χ4n) is 3.93. The SMILES string of the molecule is CCNC(=O)C(C)N(Cc1ccc(Cl)cc1Cl)C(=O)CN(c1ccccc1C)S(=O)(=O)c1ccc(C)cc1. The number of amides is 2. The van der Waals surface area contributed by atoms with Gasteiger partial charge in [0.25, 0.3) is 10.0 Å². The molecule has 0 fully saturated rings. The Balaban J connectivity index is 2.06. The van der Waals surface area contributed by atoms with Crippen molar-refractivity contribution in [3.63, 3.8) is 0 Å². The average molecular weight is 577 g/mol. The summed E-state index contributed by atoms with van der Waals surface area (Å²) >= 11 is 12.4. The van der Waals surface area contributed by atoms with Crippen LogP contribution in [0, 0.1) is 13.8 Å². The van der Waals surface area contributed by atoms with Crippen molar-refractivity contribution in [3.05, 3.63) is 93.5 Å². The molecule has 0 saturated heterocycles. The molecule has 0 heterocycles. The maximum absolute atomic E-state index is 13.9. The molecule has 0 saturated carbocycles. The van der Waals surface area contributed by atoms with Crippen LogP contribution >= 0.6 is 23.2 Å². The molecule has 0 aliphatic rings. The second-order valence-corrected chi connectivity index (χ2v) is 11.6. The predicted molar refractivity (Wildman–Crippen MR) is 152 cm³/mol. The number of hydrogen-bond acceptors (Lipinski definition) is 4. The van der Waals surface area contributed by atoms with Crippen molar-refractivity contribution in [1.82, 2.24) is 10.2 Å². The molecule has 3 rings (SSSR count). The number of para-hydroxylation sites is 1. The Labute approximate surface area is 234 Å². The second-order valence-electron chi connectivity index (χ2n) is 8.94. The number of carbonyl (C=O) groups is 2. The molecule has 7 nitrogen and oxygen atoms in total. The average Bonchev–Trinajstić information content (AvgIpc) is 2.87. The van der Waals surface area contributed by atoms with E-state index in [-0.39, 0.29) is 17.3 Å². The number of carbonyl (C=O) groups excluding carboxylic acids is 2. The van der Waals surface area contributed by atoms with Crippen molar-refractivity contribution >= 4 is 50.7 Å². The highest BCUT2D eigenvalue weighted by Gasteiger charge is 2.33. The van der Waals surface area contributed by atoms with Gasteiger partial charge >= 0.3 is 0 Å². The summed E-state index contributed by atoms with van der Waals surface area (Å²) < 4.78 is 28.8. The Morgan fingerprint density at radius 3 is 2.24 bits per heavy atom. The summed E-state index contributed by atoms with van der Waals surface area (Å²) in [5.41, 5.74) is 2.53. The van der Waals surface area contributed by atoms with Gasteiger partial charge in [0.2, 0.25) is 11.8 Å². The first-order chi connectivity index (χ1) is 17.9. The molecule has 3 aromatic carbocycles. The van der Waals surface area contributed by atoms with Crippen LogP contribution in [0.3, 0.4) is 0 Å². The van der Waals surface area contributed by atoms with Gasteiger partial charge in [-0.1, -0.05) is 65.2 Å². The minimum Gasteiger partial charge on any atom is -0.355 e. The van der Waals surface area contributed by atoms with Crippen molar-refractivity contribution in [1.29, 1.82) is 0 Å². The van der Waals surface area contributed by atoms with Crippen molar-refractivity contribution in [3.8, 4) is 0 Å². The van der Waals surface area contributed by atoms with E-state index >= 15 is 0 Å². The van der Waals surface area contributed by atoms with Crippen molar-refractivity contribution < 1.29 is 18.0 Å². The van der Waals surface area contributed by atoms with Gasteiger partial charge in [0.15, 0.2) is 0 Å². The largest absolute Gasteiger partial charge is 0.355 e. The zero-order valence-corrected chi connectivity index (χ0v) is 24.1.